The van der Waals surface area contributed by atoms with Crippen LogP contribution in [0.1, 0.15) is 70.6 Å². The molecule has 0 atom stereocenters. The lowest BCUT2D eigenvalue weighted by Crippen LogP contribution is -2.21. The molecule has 1 amide bonds. The van der Waals surface area contributed by atoms with Crippen molar-refractivity contribution in [2.24, 2.45) is 0 Å². The van der Waals surface area contributed by atoms with Gasteiger partial charge in [-0.05, 0) is 6.42 Å². The molecule has 0 saturated heterocycles. The molecule has 101 valence electrons. The summed E-state index contributed by atoms with van der Waals surface area (Å²) < 4.78 is 0. The van der Waals surface area contributed by atoms with Crippen molar-refractivity contribution in [2.75, 3.05) is 6.54 Å². The number of carbonyl (C=O) groups is 1. The summed E-state index contributed by atoms with van der Waals surface area (Å²) in [6, 6.07) is 0. The van der Waals surface area contributed by atoms with Gasteiger partial charge in [-0.2, -0.15) is 0 Å². The van der Waals surface area contributed by atoms with E-state index in [1.807, 2.05) is 0 Å². The van der Waals surface area contributed by atoms with Gasteiger partial charge >= 0.3 is 6.09 Å². The Kier molecular flexibility index (Phi) is 12.8. The molecular weight excluding hydrogens is 214 g/mol. The zero-order chi connectivity index (χ0) is 12.8. The van der Waals surface area contributed by atoms with Crippen LogP contribution in [0.15, 0.2) is 0 Å². The first kappa shape index (κ1) is 16.3. The second kappa shape index (κ2) is 13.3. The molecule has 0 aliphatic heterocycles. The molecule has 2 N–H and O–H groups in total. The molecule has 0 aromatic carbocycles. The van der Waals surface area contributed by atoms with E-state index in [2.05, 4.69) is 12.2 Å². The Morgan fingerprint density at radius 3 is 1.65 bits per heavy atom. The number of carboxylic acid groups (broad SMARTS) is 1. The minimum Gasteiger partial charge on any atom is -0.465 e. The number of unbranched alkanes of at least 4 members (excludes halogenated alkanes) is 10. The summed E-state index contributed by atoms with van der Waals surface area (Å²) in [6.45, 7) is 4.44. The third kappa shape index (κ3) is 15.3. The van der Waals surface area contributed by atoms with Gasteiger partial charge in [0.2, 0.25) is 0 Å². The fraction of sp³-hybridized carbons (Fsp3) is 0.857. The van der Waals surface area contributed by atoms with Crippen LogP contribution in [0.4, 0.5) is 4.79 Å². The molecule has 0 heterocycles. The van der Waals surface area contributed by atoms with E-state index in [0.717, 1.165) is 19.3 Å². The number of hydrogen-bond donors (Lipinski definition) is 2. The van der Waals surface area contributed by atoms with Gasteiger partial charge in [-0.1, -0.05) is 71.1 Å². The molecule has 0 unspecified atom stereocenters. The predicted molar refractivity (Wildman–Crippen MR) is 72.2 cm³/mol. The number of hydrogen-bond acceptors (Lipinski definition) is 1. The first-order chi connectivity index (χ1) is 8.27. The quantitative estimate of drug-likeness (QED) is 0.499. The lowest BCUT2D eigenvalue weighted by Gasteiger charge is -2.02. The third-order valence-corrected chi connectivity index (χ3v) is 2.95. The maximum absolute atomic E-state index is 10.2. The summed E-state index contributed by atoms with van der Waals surface area (Å²) in [6.07, 6.45) is 12.8. The van der Waals surface area contributed by atoms with Crippen LogP contribution in [-0.2, 0) is 0 Å². The van der Waals surface area contributed by atoms with E-state index < -0.39 is 6.09 Å². The molecular formula is C14H28NO2. The molecule has 0 aromatic heterocycles. The molecule has 0 aromatic rings. The molecule has 17 heavy (non-hydrogen) atoms. The molecule has 0 aliphatic rings. The summed E-state index contributed by atoms with van der Waals surface area (Å²) >= 11 is 0. The van der Waals surface area contributed by atoms with Crippen LogP contribution < -0.4 is 5.32 Å². The summed E-state index contributed by atoms with van der Waals surface area (Å²) in [7, 11) is 0. The highest BCUT2D eigenvalue weighted by atomic mass is 16.4. The van der Waals surface area contributed by atoms with E-state index in [1.54, 1.807) is 0 Å². The van der Waals surface area contributed by atoms with E-state index in [1.165, 1.54) is 51.4 Å². The first-order valence-electron chi connectivity index (χ1n) is 7.03. The molecule has 0 rings (SSSR count). The zero-order valence-corrected chi connectivity index (χ0v) is 11.0. The number of amides is 1. The van der Waals surface area contributed by atoms with E-state index >= 15 is 0 Å². The van der Waals surface area contributed by atoms with Gasteiger partial charge in [0.05, 0.1) is 0 Å². The summed E-state index contributed by atoms with van der Waals surface area (Å²) in [5.74, 6) is 0. The van der Waals surface area contributed by atoms with Crippen LogP contribution in [0, 0.1) is 6.92 Å². The second-order valence-corrected chi connectivity index (χ2v) is 4.62. The summed E-state index contributed by atoms with van der Waals surface area (Å²) in [4.78, 5) is 10.2. The molecule has 1 radical (unpaired) electrons. The predicted octanol–water partition coefficient (Wildman–Crippen LogP) is 4.38. The average molecular weight is 242 g/mol. The lowest BCUT2D eigenvalue weighted by molar-refractivity contribution is 0.194. The van der Waals surface area contributed by atoms with Crippen LogP contribution >= 0.6 is 0 Å². The Hall–Kier alpha value is -0.730. The smallest absolute Gasteiger partial charge is 0.404 e. The normalized spacial score (nSPS) is 10.4. The Morgan fingerprint density at radius 1 is 0.824 bits per heavy atom. The highest BCUT2D eigenvalue weighted by molar-refractivity contribution is 5.64. The number of rotatable bonds is 12. The van der Waals surface area contributed by atoms with Gasteiger partial charge in [-0.25, -0.2) is 4.79 Å². The minimum atomic E-state index is -0.910. The van der Waals surface area contributed by atoms with Crippen LogP contribution in [0.2, 0.25) is 0 Å². The van der Waals surface area contributed by atoms with E-state index in [9.17, 15) is 4.79 Å². The van der Waals surface area contributed by atoms with Crippen LogP contribution in [0.25, 0.3) is 0 Å². The zero-order valence-electron chi connectivity index (χ0n) is 11.0. The number of nitrogens with one attached hydrogen (secondary N) is 1. The monoisotopic (exact) mass is 242 g/mol. The Morgan fingerprint density at radius 2 is 1.24 bits per heavy atom. The molecule has 3 nitrogen and oxygen atoms in total. The summed E-state index contributed by atoms with van der Waals surface area (Å²) in [5.41, 5.74) is 0. The summed E-state index contributed by atoms with van der Waals surface area (Å²) in [5, 5.41) is 10.7. The maximum atomic E-state index is 10.2. The fourth-order valence-corrected chi connectivity index (χ4v) is 1.91. The molecule has 0 aliphatic carbocycles. The van der Waals surface area contributed by atoms with E-state index in [0.29, 0.717) is 6.54 Å². The molecule has 0 fully saturated rings. The first-order valence-corrected chi connectivity index (χ1v) is 7.03. The minimum absolute atomic E-state index is 0.598. The fourth-order valence-electron chi connectivity index (χ4n) is 1.91. The van der Waals surface area contributed by atoms with Crippen molar-refractivity contribution in [3.8, 4) is 0 Å². The van der Waals surface area contributed by atoms with Gasteiger partial charge in [0.15, 0.2) is 0 Å². The lowest BCUT2D eigenvalue weighted by atomic mass is 10.1. The van der Waals surface area contributed by atoms with Gasteiger partial charge in [-0.3, -0.25) is 0 Å². The molecule has 0 bridgehead atoms. The van der Waals surface area contributed by atoms with Crippen molar-refractivity contribution in [1.29, 1.82) is 0 Å². The van der Waals surface area contributed by atoms with Gasteiger partial charge in [-0.15, -0.1) is 0 Å². The van der Waals surface area contributed by atoms with Crippen molar-refractivity contribution in [3.63, 3.8) is 0 Å². The highest BCUT2D eigenvalue weighted by Gasteiger charge is 1.94. The van der Waals surface area contributed by atoms with Crippen molar-refractivity contribution < 1.29 is 9.90 Å². The van der Waals surface area contributed by atoms with Gasteiger partial charge in [0, 0.05) is 6.54 Å². The standard InChI is InChI=1S/C14H28NO2/c1-2-3-4-5-6-7-8-9-10-11-12-13-15-14(16)17/h15H,1-13H2,(H,16,17). The molecule has 0 saturated carbocycles. The van der Waals surface area contributed by atoms with Gasteiger partial charge < -0.3 is 10.4 Å². The van der Waals surface area contributed by atoms with E-state index in [4.69, 9.17) is 5.11 Å². The van der Waals surface area contributed by atoms with Crippen LogP contribution in [0.5, 0.6) is 0 Å². The highest BCUT2D eigenvalue weighted by Crippen LogP contribution is 2.10. The molecule has 3 heteroatoms. The Bertz CT molecular complexity index is 172. The van der Waals surface area contributed by atoms with E-state index in [-0.39, 0.29) is 0 Å². The third-order valence-electron chi connectivity index (χ3n) is 2.95. The topological polar surface area (TPSA) is 49.3 Å². The van der Waals surface area contributed by atoms with Crippen LogP contribution in [0.3, 0.4) is 0 Å². The molecule has 0 spiro atoms. The average Bonchev–Trinajstić information content (AvgIpc) is 2.30. The SMILES string of the molecule is [CH2]CCCCCCCCCCCCNC(=O)O. The van der Waals surface area contributed by atoms with Crippen LogP contribution in [-0.4, -0.2) is 17.7 Å². The second-order valence-electron chi connectivity index (χ2n) is 4.62. The van der Waals surface area contributed by atoms with Crippen molar-refractivity contribution in [3.05, 3.63) is 6.92 Å². The largest absolute Gasteiger partial charge is 0.465 e. The van der Waals surface area contributed by atoms with Gasteiger partial charge in [0.1, 0.15) is 0 Å². The van der Waals surface area contributed by atoms with Crippen molar-refractivity contribution >= 4 is 6.09 Å². The Labute approximate surface area is 106 Å². The van der Waals surface area contributed by atoms with Crippen molar-refractivity contribution in [2.45, 2.75) is 70.6 Å². The van der Waals surface area contributed by atoms with Crippen molar-refractivity contribution in [1.82, 2.24) is 5.32 Å². The maximum Gasteiger partial charge on any atom is 0.404 e. The van der Waals surface area contributed by atoms with Gasteiger partial charge in [0.25, 0.3) is 0 Å². The Balaban J connectivity index is 2.91.